The molecule has 0 aliphatic heterocycles. The average molecular weight is 278 g/mol. The van der Waals surface area contributed by atoms with Crippen LogP contribution in [-0.4, -0.2) is 13.4 Å². The van der Waals surface area contributed by atoms with Gasteiger partial charge in [0.25, 0.3) is 0 Å². The molecule has 2 aromatic carbocycles. The van der Waals surface area contributed by atoms with Crippen LogP contribution in [0, 0.1) is 11.6 Å². The number of methoxy groups -OCH3 is 1. The van der Waals surface area contributed by atoms with Gasteiger partial charge < -0.3 is 9.47 Å². The number of rotatable bonds is 5. The highest BCUT2D eigenvalue weighted by molar-refractivity contribution is 5.76. The van der Waals surface area contributed by atoms with E-state index in [-0.39, 0.29) is 6.61 Å². The van der Waals surface area contributed by atoms with Crippen LogP contribution in [0.3, 0.4) is 0 Å². The van der Waals surface area contributed by atoms with Crippen LogP contribution in [0.25, 0.3) is 0 Å². The lowest BCUT2D eigenvalue weighted by Crippen LogP contribution is -1.99. The minimum Gasteiger partial charge on any atom is -0.493 e. The molecule has 0 N–H and O–H groups in total. The molecule has 0 aliphatic carbocycles. The maximum Gasteiger partial charge on any atom is 0.161 e. The predicted molar refractivity (Wildman–Crippen MR) is 69.1 cm³/mol. The molecule has 0 heterocycles. The zero-order chi connectivity index (χ0) is 14.5. The van der Waals surface area contributed by atoms with Crippen LogP contribution < -0.4 is 9.47 Å². The Labute approximate surface area is 114 Å². The molecule has 20 heavy (non-hydrogen) atoms. The molecule has 0 spiro atoms. The van der Waals surface area contributed by atoms with Crippen LogP contribution in [0.4, 0.5) is 8.78 Å². The first kappa shape index (κ1) is 14.0. The zero-order valence-corrected chi connectivity index (χ0v) is 10.7. The Bertz CT molecular complexity index is 606. The summed E-state index contributed by atoms with van der Waals surface area (Å²) in [7, 11) is 1.44. The summed E-state index contributed by atoms with van der Waals surface area (Å²) in [5, 5.41) is 0. The second kappa shape index (κ2) is 6.14. The second-order valence-corrected chi connectivity index (χ2v) is 4.09. The molecule has 0 saturated heterocycles. The van der Waals surface area contributed by atoms with Gasteiger partial charge >= 0.3 is 0 Å². The first-order chi connectivity index (χ1) is 9.62. The minimum atomic E-state index is -0.660. The second-order valence-electron chi connectivity index (χ2n) is 4.09. The van der Waals surface area contributed by atoms with E-state index in [0.717, 1.165) is 6.07 Å². The summed E-state index contributed by atoms with van der Waals surface area (Å²) < 4.78 is 36.6. The largest absolute Gasteiger partial charge is 0.493 e. The Kier molecular flexibility index (Phi) is 4.30. The summed E-state index contributed by atoms with van der Waals surface area (Å²) in [4.78, 5) is 10.7. The van der Waals surface area contributed by atoms with E-state index in [9.17, 15) is 13.6 Å². The summed E-state index contributed by atoms with van der Waals surface area (Å²) in [6.07, 6.45) is 0.689. The van der Waals surface area contributed by atoms with Gasteiger partial charge in [0.05, 0.1) is 7.11 Å². The molecule has 0 unspecified atom stereocenters. The number of carbonyl (C=O) groups excluding carboxylic acids is 1. The molecular weight excluding hydrogens is 266 g/mol. The van der Waals surface area contributed by atoms with E-state index in [2.05, 4.69) is 0 Å². The summed E-state index contributed by atoms with van der Waals surface area (Å²) in [5.41, 5.74) is 0.815. The highest BCUT2D eigenvalue weighted by Gasteiger charge is 2.07. The van der Waals surface area contributed by atoms with Gasteiger partial charge in [-0.1, -0.05) is 0 Å². The number of hydrogen-bond acceptors (Lipinski definition) is 3. The minimum absolute atomic E-state index is 0.00846. The van der Waals surface area contributed by atoms with E-state index in [4.69, 9.17) is 9.47 Å². The standard InChI is InChI=1S/C15H12F2O3/c1-19-15-6-10(8-18)2-3-14(15)20-9-11-4-12(16)7-13(17)5-11/h2-8H,9H2,1H3. The van der Waals surface area contributed by atoms with E-state index < -0.39 is 11.6 Å². The third-order valence-electron chi connectivity index (χ3n) is 2.64. The lowest BCUT2D eigenvalue weighted by molar-refractivity contribution is 0.112. The van der Waals surface area contributed by atoms with Crippen molar-refractivity contribution in [3.8, 4) is 11.5 Å². The normalized spacial score (nSPS) is 10.2. The predicted octanol–water partition coefficient (Wildman–Crippen LogP) is 3.36. The maximum atomic E-state index is 13.0. The monoisotopic (exact) mass is 278 g/mol. The molecule has 2 rings (SSSR count). The molecule has 0 aromatic heterocycles. The van der Waals surface area contributed by atoms with Crippen molar-refractivity contribution in [1.29, 1.82) is 0 Å². The quantitative estimate of drug-likeness (QED) is 0.787. The molecule has 0 amide bonds. The van der Waals surface area contributed by atoms with Crippen LogP contribution >= 0.6 is 0 Å². The fourth-order valence-corrected chi connectivity index (χ4v) is 1.73. The van der Waals surface area contributed by atoms with E-state index in [0.29, 0.717) is 28.9 Å². The third kappa shape index (κ3) is 3.32. The van der Waals surface area contributed by atoms with Gasteiger partial charge in [-0.3, -0.25) is 4.79 Å². The third-order valence-corrected chi connectivity index (χ3v) is 2.64. The molecule has 0 atom stereocenters. The number of benzene rings is 2. The number of carbonyl (C=O) groups is 1. The van der Waals surface area contributed by atoms with Gasteiger partial charge in [-0.15, -0.1) is 0 Å². The Balaban J connectivity index is 2.16. The molecule has 0 fully saturated rings. The molecule has 3 nitrogen and oxygen atoms in total. The van der Waals surface area contributed by atoms with Gasteiger partial charge in [0.15, 0.2) is 11.5 Å². The number of aldehydes is 1. The molecule has 0 bridgehead atoms. The van der Waals surface area contributed by atoms with Gasteiger partial charge in [0, 0.05) is 11.6 Å². The first-order valence-corrected chi connectivity index (χ1v) is 5.83. The zero-order valence-electron chi connectivity index (χ0n) is 10.7. The van der Waals surface area contributed by atoms with Crippen LogP contribution in [-0.2, 0) is 6.61 Å². The summed E-state index contributed by atoms with van der Waals surface area (Å²) >= 11 is 0. The van der Waals surface area contributed by atoms with Crippen molar-refractivity contribution >= 4 is 6.29 Å². The summed E-state index contributed by atoms with van der Waals surface area (Å²) in [6.45, 7) is -0.00846. The molecule has 2 aromatic rings. The van der Waals surface area contributed by atoms with Crippen LogP contribution in [0.2, 0.25) is 0 Å². The van der Waals surface area contributed by atoms with Gasteiger partial charge in [-0.25, -0.2) is 8.78 Å². The van der Waals surface area contributed by atoms with Crippen molar-refractivity contribution in [2.45, 2.75) is 6.61 Å². The molecule has 0 radical (unpaired) electrons. The molecule has 104 valence electrons. The smallest absolute Gasteiger partial charge is 0.161 e. The van der Waals surface area contributed by atoms with Crippen molar-refractivity contribution in [2.24, 2.45) is 0 Å². The van der Waals surface area contributed by atoms with E-state index in [1.165, 1.54) is 25.3 Å². The average Bonchev–Trinajstić information content (AvgIpc) is 2.44. The lowest BCUT2D eigenvalue weighted by Gasteiger charge is -2.11. The van der Waals surface area contributed by atoms with Crippen molar-refractivity contribution < 1.29 is 23.0 Å². The van der Waals surface area contributed by atoms with Gasteiger partial charge in [0.1, 0.15) is 24.5 Å². The highest BCUT2D eigenvalue weighted by Crippen LogP contribution is 2.28. The Morgan fingerprint density at radius 3 is 2.35 bits per heavy atom. The van der Waals surface area contributed by atoms with Crippen LogP contribution in [0.5, 0.6) is 11.5 Å². The van der Waals surface area contributed by atoms with Crippen LogP contribution in [0.15, 0.2) is 36.4 Å². The lowest BCUT2D eigenvalue weighted by atomic mass is 10.2. The SMILES string of the molecule is COc1cc(C=O)ccc1OCc1cc(F)cc(F)c1. The highest BCUT2D eigenvalue weighted by atomic mass is 19.1. The fourth-order valence-electron chi connectivity index (χ4n) is 1.73. The fraction of sp³-hybridized carbons (Fsp3) is 0.133. The first-order valence-electron chi connectivity index (χ1n) is 5.83. The molecule has 5 heteroatoms. The maximum absolute atomic E-state index is 13.0. The Morgan fingerprint density at radius 1 is 1.05 bits per heavy atom. The van der Waals surface area contributed by atoms with Crippen molar-refractivity contribution in [1.82, 2.24) is 0 Å². The molecule has 0 aliphatic rings. The van der Waals surface area contributed by atoms with Crippen molar-refractivity contribution in [2.75, 3.05) is 7.11 Å². The molecular formula is C15H12F2O3. The van der Waals surface area contributed by atoms with Gasteiger partial charge in [-0.05, 0) is 35.9 Å². The number of ether oxygens (including phenoxy) is 2. The summed E-state index contributed by atoms with van der Waals surface area (Å²) in [6, 6.07) is 7.83. The molecule has 0 saturated carbocycles. The van der Waals surface area contributed by atoms with Gasteiger partial charge in [-0.2, -0.15) is 0 Å². The topological polar surface area (TPSA) is 35.5 Å². The van der Waals surface area contributed by atoms with E-state index in [1.54, 1.807) is 12.1 Å². The Hall–Kier alpha value is -2.43. The Morgan fingerprint density at radius 2 is 1.75 bits per heavy atom. The number of halogens is 2. The van der Waals surface area contributed by atoms with Crippen molar-refractivity contribution in [3.05, 3.63) is 59.2 Å². The van der Waals surface area contributed by atoms with Crippen molar-refractivity contribution in [3.63, 3.8) is 0 Å². The van der Waals surface area contributed by atoms with E-state index in [1.807, 2.05) is 0 Å². The van der Waals surface area contributed by atoms with E-state index >= 15 is 0 Å². The van der Waals surface area contributed by atoms with Gasteiger partial charge in [0.2, 0.25) is 0 Å². The summed E-state index contributed by atoms with van der Waals surface area (Å²) in [5.74, 6) is -0.548. The van der Waals surface area contributed by atoms with Crippen LogP contribution in [0.1, 0.15) is 15.9 Å². The number of hydrogen-bond donors (Lipinski definition) is 0.